The molecule has 0 aliphatic carbocycles. The third-order valence-corrected chi connectivity index (χ3v) is 4.07. The number of nitrogens with one attached hydrogen (secondary N) is 2. The lowest BCUT2D eigenvalue weighted by atomic mass is 10.1. The fourth-order valence-corrected chi connectivity index (χ4v) is 2.46. The maximum Gasteiger partial charge on any atom is 0.282 e. The van der Waals surface area contributed by atoms with E-state index in [1.165, 1.54) is 5.56 Å². The van der Waals surface area contributed by atoms with Crippen molar-refractivity contribution in [3.63, 3.8) is 0 Å². The Morgan fingerprint density at radius 3 is 2.57 bits per heavy atom. The van der Waals surface area contributed by atoms with E-state index in [1.807, 2.05) is 57.3 Å². The van der Waals surface area contributed by atoms with Crippen LogP contribution in [0.25, 0.3) is 0 Å². The molecule has 1 amide bonds. The van der Waals surface area contributed by atoms with Gasteiger partial charge in [-0.3, -0.25) is 4.79 Å². The molecule has 4 heteroatoms. The molecule has 0 aliphatic rings. The van der Waals surface area contributed by atoms with Crippen LogP contribution in [-0.4, -0.2) is 26.1 Å². The summed E-state index contributed by atoms with van der Waals surface area (Å²) in [6, 6.07) is 15.8. The molecule has 0 spiro atoms. The molecule has 0 saturated heterocycles. The first kappa shape index (κ1) is 17.0. The molecular weight excluding hydrogens is 288 g/mol. The summed E-state index contributed by atoms with van der Waals surface area (Å²) in [5, 5.41) is 2.98. The van der Waals surface area contributed by atoms with Crippen LogP contribution in [0.4, 0.5) is 5.69 Å². The molecule has 2 aromatic rings. The van der Waals surface area contributed by atoms with Crippen LogP contribution in [0.15, 0.2) is 48.5 Å². The molecular formula is C19H25N2O2+. The molecule has 0 saturated carbocycles. The minimum Gasteiger partial charge on any atom is -0.495 e. The minimum atomic E-state index is -0.166. The second-order valence-electron chi connectivity index (χ2n) is 5.92. The van der Waals surface area contributed by atoms with Gasteiger partial charge in [-0.1, -0.05) is 36.4 Å². The number of likely N-dealkylation sites (N-methyl/N-ethyl adjacent to an activating group) is 1. The molecule has 0 fully saturated rings. The lowest BCUT2D eigenvalue weighted by Gasteiger charge is -2.21. The van der Waals surface area contributed by atoms with Crippen molar-refractivity contribution >= 4 is 11.6 Å². The molecule has 122 valence electrons. The van der Waals surface area contributed by atoms with E-state index in [9.17, 15) is 4.79 Å². The standard InChI is InChI=1S/C19H24N2O2/c1-14-10-11-18(23-4)17(12-14)20-19(22)15(2)21(3)13-16-8-6-5-7-9-16/h5-12,15H,13H2,1-4H3,(H,20,22)/p+1/t15-/m0/s1. The molecule has 2 atom stereocenters. The summed E-state index contributed by atoms with van der Waals surface area (Å²) >= 11 is 0. The van der Waals surface area contributed by atoms with Gasteiger partial charge in [0.05, 0.1) is 19.8 Å². The van der Waals surface area contributed by atoms with Gasteiger partial charge < -0.3 is 15.0 Å². The second-order valence-corrected chi connectivity index (χ2v) is 5.92. The summed E-state index contributed by atoms with van der Waals surface area (Å²) in [5.74, 6) is 0.666. The van der Waals surface area contributed by atoms with Crippen LogP contribution in [0, 0.1) is 6.92 Å². The maximum atomic E-state index is 12.5. The third-order valence-electron chi connectivity index (χ3n) is 4.07. The van der Waals surface area contributed by atoms with E-state index < -0.39 is 0 Å². The highest BCUT2D eigenvalue weighted by Gasteiger charge is 2.23. The zero-order valence-corrected chi connectivity index (χ0v) is 14.2. The quantitative estimate of drug-likeness (QED) is 0.857. The number of methoxy groups -OCH3 is 1. The molecule has 4 nitrogen and oxygen atoms in total. The van der Waals surface area contributed by atoms with Crippen molar-refractivity contribution in [1.82, 2.24) is 0 Å². The van der Waals surface area contributed by atoms with Gasteiger partial charge in [0, 0.05) is 5.56 Å². The highest BCUT2D eigenvalue weighted by Crippen LogP contribution is 2.25. The van der Waals surface area contributed by atoms with Gasteiger partial charge in [-0.05, 0) is 31.5 Å². The van der Waals surface area contributed by atoms with E-state index in [4.69, 9.17) is 4.74 Å². The van der Waals surface area contributed by atoms with Crippen LogP contribution >= 0.6 is 0 Å². The van der Waals surface area contributed by atoms with Crippen molar-refractivity contribution in [1.29, 1.82) is 0 Å². The first-order chi connectivity index (χ1) is 11.0. The Kier molecular flexibility index (Phi) is 5.77. The Hall–Kier alpha value is -2.33. The van der Waals surface area contributed by atoms with Gasteiger partial charge in [0.2, 0.25) is 0 Å². The highest BCUT2D eigenvalue weighted by atomic mass is 16.5. The van der Waals surface area contributed by atoms with Crippen LogP contribution in [0.3, 0.4) is 0 Å². The number of quaternary nitrogens is 1. The predicted octanol–water partition coefficient (Wildman–Crippen LogP) is 2.05. The summed E-state index contributed by atoms with van der Waals surface area (Å²) < 4.78 is 5.32. The first-order valence-corrected chi connectivity index (χ1v) is 7.83. The monoisotopic (exact) mass is 313 g/mol. The molecule has 2 N–H and O–H groups in total. The lowest BCUT2D eigenvalue weighted by molar-refractivity contribution is -0.907. The van der Waals surface area contributed by atoms with Crippen molar-refractivity contribution in [2.45, 2.75) is 26.4 Å². The Labute approximate surface area is 138 Å². The Morgan fingerprint density at radius 2 is 1.91 bits per heavy atom. The average molecular weight is 313 g/mol. The molecule has 0 radical (unpaired) electrons. The number of amides is 1. The summed E-state index contributed by atoms with van der Waals surface area (Å²) in [5.41, 5.74) is 3.02. The van der Waals surface area contributed by atoms with Gasteiger partial charge in [0.1, 0.15) is 12.3 Å². The summed E-state index contributed by atoms with van der Waals surface area (Å²) in [7, 11) is 3.64. The number of benzene rings is 2. The highest BCUT2D eigenvalue weighted by molar-refractivity contribution is 5.95. The topological polar surface area (TPSA) is 42.8 Å². The van der Waals surface area contributed by atoms with Crippen LogP contribution in [0.2, 0.25) is 0 Å². The number of carbonyl (C=O) groups is 1. The summed E-state index contributed by atoms with van der Waals surface area (Å²) in [6.45, 7) is 4.74. The van der Waals surface area contributed by atoms with Gasteiger partial charge in [-0.2, -0.15) is 0 Å². The van der Waals surface area contributed by atoms with Gasteiger partial charge in [-0.25, -0.2) is 0 Å². The van der Waals surface area contributed by atoms with Gasteiger partial charge in [-0.15, -0.1) is 0 Å². The van der Waals surface area contributed by atoms with E-state index in [-0.39, 0.29) is 11.9 Å². The number of rotatable bonds is 6. The van der Waals surface area contributed by atoms with Crippen molar-refractivity contribution in [2.75, 3.05) is 19.5 Å². The Balaban J connectivity index is 2.03. The number of hydrogen-bond acceptors (Lipinski definition) is 2. The van der Waals surface area contributed by atoms with Crippen LogP contribution in [0.1, 0.15) is 18.1 Å². The fraction of sp³-hybridized carbons (Fsp3) is 0.316. The molecule has 2 aromatic carbocycles. The van der Waals surface area contributed by atoms with Crippen molar-refractivity contribution in [3.8, 4) is 5.75 Å². The van der Waals surface area contributed by atoms with E-state index in [0.717, 1.165) is 22.7 Å². The molecule has 0 aliphatic heterocycles. The Bertz CT molecular complexity index is 656. The minimum absolute atomic E-state index is 0.0117. The van der Waals surface area contributed by atoms with Crippen LogP contribution in [0.5, 0.6) is 5.75 Å². The lowest BCUT2D eigenvalue weighted by Crippen LogP contribution is -3.12. The first-order valence-electron chi connectivity index (χ1n) is 7.83. The van der Waals surface area contributed by atoms with Crippen LogP contribution < -0.4 is 15.0 Å². The fourth-order valence-electron chi connectivity index (χ4n) is 2.46. The molecule has 0 heterocycles. The summed E-state index contributed by atoms with van der Waals surface area (Å²) in [6.07, 6.45) is 0. The third kappa shape index (κ3) is 4.57. The van der Waals surface area contributed by atoms with Crippen molar-refractivity contribution in [2.24, 2.45) is 0 Å². The van der Waals surface area contributed by atoms with Gasteiger partial charge >= 0.3 is 0 Å². The van der Waals surface area contributed by atoms with E-state index >= 15 is 0 Å². The molecule has 2 rings (SSSR count). The van der Waals surface area contributed by atoms with Crippen LogP contribution in [-0.2, 0) is 11.3 Å². The van der Waals surface area contributed by atoms with Gasteiger partial charge in [0.25, 0.3) is 5.91 Å². The molecule has 0 bridgehead atoms. The molecule has 1 unspecified atom stereocenters. The SMILES string of the molecule is COc1ccc(C)cc1NC(=O)[C@H](C)[NH+](C)Cc1ccccc1. The van der Waals surface area contributed by atoms with E-state index in [0.29, 0.717) is 5.75 Å². The zero-order valence-electron chi connectivity index (χ0n) is 14.2. The van der Waals surface area contributed by atoms with E-state index in [1.54, 1.807) is 7.11 Å². The normalized spacial score (nSPS) is 13.2. The number of ether oxygens (including phenoxy) is 1. The van der Waals surface area contributed by atoms with E-state index in [2.05, 4.69) is 17.4 Å². The van der Waals surface area contributed by atoms with Crippen molar-refractivity contribution < 1.29 is 14.4 Å². The average Bonchev–Trinajstić information content (AvgIpc) is 2.55. The van der Waals surface area contributed by atoms with Crippen molar-refractivity contribution in [3.05, 3.63) is 59.7 Å². The molecule has 23 heavy (non-hydrogen) atoms. The number of anilines is 1. The number of aryl methyl sites for hydroxylation is 1. The number of carbonyl (C=O) groups excluding carboxylic acids is 1. The smallest absolute Gasteiger partial charge is 0.282 e. The number of hydrogen-bond donors (Lipinski definition) is 2. The second kappa shape index (κ2) is 7.79. The van der Waals surface area contributed by atoms with Gasteiger partial charge in [0.15, 0.2) is 6.04 Å². The predicted molar refractivity (Wildman–Crippen MR) is 92.9 cm³/mol. The largest absolute Gasteiger partial charge is 0.495 e. The summed E-state index contributed by atoms with van der Waals surface area (Å²) in [4.78, 5) is 13.7. The molecule has 0 aromatic heterocycles. The Morgan fingerprint density at radius 1 is 1.22 bits per heavy atom. The maximum absolute atomic E-state index is 12.5. The zero-order chi connectivity index (χ0) is 16.8.